The van der Waals surface area contributed by atoms with Crippen molar-refractivity contribution in [3.63, 3.8) is 0 Å². The van der Waals surface area contributed by atoms with E-state index in [4.69, 9.17) is 9.47 Å². The van der Waals surface area contributed by atoms with Crippen LogP contribution in [0.3, 0.4) is 0 Å². The van der Waals surface area contributed by atoms with Gasteiger partial charge in [0.1, 0.15) is 17.2 Å². The fourth-order valence-electron chi connectivity index (χ4n) is 2.39. The first-order chi connectivity index (χ1) is 11.7. The van der Waals surface area contributed by atoms with Crippen molar-refractivity contribution in [3.05, 3.63) is 60.3 Å². The molecule has 3 rings (SSSR count). The Hall–Kier alpha value is -2.86. The second-order valence-corrected chi connectivity index (χ2v) is 5.34. The monoisotopic (exact) mass is 325 g/mol. The third-order valence-corrected chi connectivity index (χ3v) is 3.79. The van der Waals surface area contributed by atoms with Gasteiger partial charge in [-0.15, -0.1) is 5.10 Å². The number of hydrogen-bond acceptors (Lipinski definition) is 5. The van der Waals surface area contributed by atoms with E-state index in [0.717, 1.165) is 28.3 Å². The predicted molar refractivity (Wildman–Crippen MR) is 90.0 cm³/mol. The summed E-state index contributed by atoms with van der Waals surface area (Å²) in [6.07, 6.45) is 1.15. The number of ether oxygens (including phenoxy) is 2. The van der Waals surface area contributed by atoms with E-state index in [0.29, 0.717) is 6.54 Å². The summed E-state index contributed by atoms with van der Waals surface area (Å²) in [5.41, 5.74) is 2.50. The smallest absolute Gasteiger partial charge is 0.118 e. The Labute approximate surface area is 140 Å². The van der Waals surface area contributed by atoms with Gasteiger partial charge in [0.2, 0.25) is 0 Å². The molecule has 24 heavy (non-hydrogen) atoms. The summed E-state index contributed by atoms with van der Waals surface area (Å²) in [7, 11) is 3.24. The third kappa shape index (κ3) is 3.55. The zero-order chi connectivity index (χ0) is 16.9. The molecule has 0 bridgehead atoms. The van der Waals surface area contributed by atoms with Crippen molar-refractivity contribution in [2.24, 2.45) is 0 Å². The summed E-state index contributed by atoms with van der Waals surface area (Å²) < 4.78 is 11.9. The largest absolute Gasteiger partial charge is 0.497 e. The molecule has 2 aromatic carbocycles. The minimum atomic E-state index is -0.665. The molecule has 0 aliphatic rings. The number of aliphatic hydroxyl groups is 1. The van der Waals surface area contributed by atoms with Crippen LogP contribution >= 0.6 is 0 Å². The number of nitrogens with zero attached hydrogens (tertiary/aromatic N) is 3. The van der Waals surface area contributed by atoms with Crippen molar-refractivity contribution in [2.75, 3.05) is 14.2 Å². The van der Waals surface area contributed by atoms with Crippen LogP contribution in [-0.2, 0) is 6.54 Å². The van der Waals surface area contributed by atoms with Crippen LogP contribution in [0.4, 0.5) is 0 Å². The van der Waals surface area contributed by atoms with Crippen LogP contribution in [-0.4, -0.2) is 34.3 Å². The van der Waals surface area contributed by atoms with Gasteiger partial charge in [0.05, 0.1) is 33.1 Å². The summed E-state index contributed by atoms with van der Waals surface area (Å²) in [5.74, 6) is 1.55. The number of benzene rings is 2. The molecule has 6 heteroatoms. The molecule has 0 aliphatic heterocycles. The zero-order valence-electron chi connectivity index (χ0n) is 13.6. The molecule has 0 aliphatic carbocycles. The van der Waals surface area contributed by atoms with Crippen LogP contribution in [0, 0.1) is 0 Å². The number of hydrogen-bond donors (Lipinski definition) is 1. The summed E-state index contributed by atoms with van der Waals surface area (Å²) in [4.78, 5) is 0. The van der Waals surface area contributed by atoms with Crippen LogP contribution in [0.25, 0.3) is 11.3 Å². The molecular weight excluding hydrogens is 306 g/mol. The van der Waals surface area contributed by atoms with Crippen molar-refractivity contribution in [1.29, 1.82) is 0 Å². The minimum Gasteiger partial charge on any atom is -0.497 e. The second-order valence-electron chi connectivity index (χ2n) is 5.34. The van der Waals surface area contributed by atoms with Gasteiger partial charge in [0, 0.05) is 5.56 Å². The maximum absolute atomic E-state index is 10.3. The first-order valence-corrected chi connectivity index (χ1v) is 7.56. The lowest BCUT2D eigenvalue weighted by Gasteiger charge is -2.11. The Balaban J connectivity index is 1.70. The Morgan fingerprint density at radius 2 is 1.54 bits per heavy atom. The minimum absolute atomic E-state index is 0.329. The molecule has 1 heterocycles. The highest BCUT2D eigenvalue weighted by Crippen LogP contribution is 2.22. The SMILES string of the molecule is COc1ccc(-c2cn(CC(O)c3ccc(OC)cc3)nn2)cc1. The number of rotatable bonds is 6. The second kappa shape index (κ2) is 7.14. The summed E-state index contributed by atoms with van der Waals surface area (Å²) >= 11 is 0. The van der Waals surface area contributed by atoms with Gasteiger partial charge in [-0.2, -0.15) is 0 Å². The highest BCUT2D eigenvalue weighted by molar-refractivity contribution is 5.58. The standard InChI is InChI=1S/C18H19N3O3/c1-23-15-7-3-13(4-8-15)17-11-21(20-19-17)12-18(22)14-5-9-16(24-2)10-6-14/h3-11,18,22H,12H2,1-2H3. The molecule has 0 radical (unpaired) electrons. The molecule has 1 N–H and O–H groups in total. The van der Waals surface area contributed by atoms with Crippen molar-refractivity contribution >= 4 is 0 Å². The average molecular weight is 325 g/mol. The van der Waals surface area contributed by atoms with Gasteiger partial charge in [-0.25, -0.2) is 4.68 Å². The molecule has 3 aromatic rings. The van der Waals surface area contributed by atoms with E-state index in [-0.39, 0.29) is 0 Å². The van der Waals surface area contributed by atoms with Crippen molar-refractivity contribution < 1.29 is 14.6 Å². The van der Waals surface area contributed by atoms with Crippen LogP contribution < -0.4 is 9.47 Å². The molecule has 0 saturated carbocycles. The van der Waals surface area contributed by atoms with Crippen LogP contribution in [0.1, 0.15) is 11.7 Å². The third-order valence-electron chi connectivity index (χ3n) is 3.79. The lowest BCUT2D eigenvalue weighted by atomic mass is 10.1. The van der Waals surface area contributed by atoms with Gasteiger partial charge >= 0.3 is 0 Å². The fourth-order valence-corrected chi connectivity index (χ4v) is 2.39. The molecule has 1 atom stereocenters. The van der Waals surface area contributed by atoms with Gasteiger partial charge in [-0.05, 0) is 42.0 Å². The summed E-state index contributed by atoms with van der Waals surface area (Å²) in [6.45, 7) is 0.329. The van der Waals surface area contributed by atoms with Gasteiger partial charge < -0.3 is 14.6 Å². The predicted octanol–water partition coefficient (Wildman–Crippen LogP) is 2.70. The lowest BCUT2D eigenvalue weighted by Crippen LogP contribution is -2.09. The van der Waals surface area contributed by atoms with Crippen LogP contribution in [0.15, 0.2) is 54.7 Å². The fraction of sp³-hybridized carbons (Fsp3) is 0.222. The topological polar surface area (TPSA) is 69.4 Å². The zero-order valence-corrected chi connectivity index (χ0v) is 13.6. The highest BCUT2D eigenvalue weighted by Gasteiger charge is 2.11. The maximum Gasteiger partial charge on any atom is 0.118 e. The molecule has 0 fully saturated rings. The molecule has 0 saturated heterocycles. The van der Waals surface area contributed by atoms with Crippen molar-refractivity contribution in [3.8, 4) is 22.8 Å². The number of aromatic nitrogens is 3. The molecule has 124 valence electrons. The van der Waals surface area contributed by atoms with E-state index in [1.54, 1.807) is 18.9 Å². The van der Waals surface area contributed by atoms with E-state index < -0.39 is 6.10 Å². The number of aliphatic hydroxyl groups excluding tert-OH is 1. The molecule has 0 spiro atoms. The molecule has 6 nitrogen and oxygen atoms in total. The average Bonchev–Trinajstić information content (AvgIpc) is 3.10. The Kier molecular flexibility index (Phi) is 4.77. The molecular formula is C18H19N3O3. The maximum atomic E-state index is 10.3. The van der Waals surface area contributed by atoms with E-state index in [2.05, 4.69) is 10.3 Å². The quantitative estimate of drug-likeness (QED) is 0.754. The van der Waals surface area contributed by atoms with Gasteiger partial charge in [0.25, 0.3) is 0 Å². The van der Waals surface area contributed by atoms with E-state index in [1.807, 2.05) is 54.7 Å². The van der Waals surface area contributed by atoms with Gasteiger partial charge in [0.15, 0.2) is 0 Å². The van der Waals surface area contributed by atoms with Crippen molar-refractivity contribution in [2.45, 2.75) is 12.6 Å². The van der Waals surface area contributed by atoms with Crippen LogP contribution in [0.2, 0.25) is 0 Å². The normalized spacial score (nSPS) is 12.0. The van der Waals surface area contributed by atoms with Gasteiger partial charge in [-0.1, -0.05) is 17.3 Å². The van der Waals surface area contributed by atoms with E-state index >= 15 is 0 Å². The highest BCUT2D eigenvalue weighted by atomic mass is 16.5. The summed E-state index contributed by atoms with van der Waals surface area (Å²) in [6, 6.07) is 14.9. The number of methoxy groups -OCH3 is 2. The van der Waals surface area contributed by atoms with E-state index in [9.17, 15) is 5.11 Å². The first-order valence-electron chi connectivity index (χ1n) is 7.56. The van der Waals surface area contributed by atoms with Crippen LogP contribution in [0.5, 0.6) is 11.5 Å². The molecule has 0 amide bonds. The van der Waals surface area contributed by atoms with Crippen molar-refractivity contribution in [1.82, 2.24) is 15.0 Å². The van der Waals surface area contributed by atoms with Gasteiger partial charge in [-0.3, -0.25) is 0 Å². The summed E-state index contributed by atoms with van der Waals surface area (Å²) in [5, 5.41) is 18.6. The Morgan fingerprint density at radius 3 is 2.12 bits per heavy atom. The van der Waals surface area contributed by atoms with E-state index in [1.165, 1.54) is 0 Å². The molecule has 1 unspecified atom stereocenters. The lowest BCUT2D eigenvalue weighted by molar-refractivity contribution is 0.150. The molecule has 1 aromatic heterocycles. The Morgan fingerprint density at radius 1 is 0.958 bits per heavy atom. The Bertz CT molecular complexity index is 782. The first kappa shape index (κ1) is 16.0.